The zero-order valence-corrected chi connectivity index (χ0v) is 10.6. The number of hydrogen-bond donors (Lipinski definition) is 1. The number of hydrogen-bond acceptors (Lipinski definition) is 4. The number of aromatic nitrogens is 3. The van der Waals surface area contributed by atoms with Crippen LogP contribution in [0.25, 0.3) is 0 Å². The lowest BCUT2D eigenvalue weighted by Gasteiger charge is -2.13. The summed E-state index contributed by atoms with van der Waals surface area (Å²) in [6, 6.07) is 5.10. The lowest BCUT2D eigenvalue weighted by Crippen LogP contribution is -2.18. The van der Waals surface area contributed by atoms with E-state index < -0.39 is 6.36 Å². The molecule has 1 atom stereocenters. The molecule has 0 radical (unpaired) electrons. The molecule has 1 unspecified atom stereocenters. The molecule has 108 valence electrons. The SMILES string of the molecule is Cn1ncnc1CC(N)c1ccc(OC(F)(F)F)cc1. The van der Waals surface area contributed by atoms with Crippen molar-refractivity contribution in [3.8, 4) is 5.75 Å². The van der Waals surface area contributed by atoms with Crippen molar-refractivity contribution in [1.82, 2.24) is 14.8 Å². The highest BCUT2D eigenvalue weighted by Gasteiger charge is 2.31. The van der Waals surface area contributed by atoms with Crippen molar-refractivity contribution < 1.29 is 17.9 Å². The van der Waals surface area contributed by atoms with Crippen molar-refractivity contribution in [2.24, 2.45) is 12.8 Å². The Morgan fingerprint density at radius 3 is 2.45 bits per heavy atom. The molecule has 0 saturated heterocycles. The molecule has 0 spiro atoms. The molecule has 0 amide bonds. The molecule has 1 aromatic carbocycles. The van der Waals surface area contributed by atoms with Crippen molar-refractivity contribution >= 4 is 0 Å². The quantitative estimate of drug-likeness (QED) is 0.933. The number of nitrogens with zero attached hydrogens (tertiary/aromatic N) is 3. The minimum Gasteiger partial charge on any atom is -0.406 e. The summed E-state index contributed by atoms with van der Waals surface area (Å²) in [5, 5.41) is 3.92. The summed E-state index contributed by atoms with van der Waals surface area (Å²) in [6.45, 7) is 0. The van der Waals surface area contributed by atoms with Gasteiger partial charge < -0.3 is 10.5 Å². The van der Waals surface area contributed by atoms with Gasteiger partial charge in [-0.05, 0) is 17.7 Å². The van der Waals surface area contributed by atoms with Crippen LogP contribution < -0.4 is 10.5 Å². The van der Waals surface area contributed by atoms with Crippen molar-refractivity contribution in [2.75, 3.05) is 0 Å². The predicted octanol–water partition coefficient (Wildman–Crippen LogP) is 1.96. The van der Waals surface area contributed by atoms with Gasteiger partial charge in [0.15, 0.2) is 0 Å². The van der Waals surface area contributed by atoms with E-state index in [-0.39, 0.29) is 11.8 Å². The number of alkyl halides is 3. The first-order valence-electron chi connectivity index (χ1n) is 5.79. The maximum Gasteiger partial charge on any atom is 0.573 e. The van der Waals surface area contributed by atoms with E-state index in [1.165, 1.54) is 30.6 Å². The third-order valence-corrected chi connectivity index (χ3v) is 2.75. The second-order valence-electron chi connectivity index (χ2n) is 4.23. The van der Waals surface area contributed by atoms with E-state index >= 15 is 0 Å². The number of ether oxygens (including phenoxy) is 1. The van der Waals surface area contributed by atoms with Crippen LogP contribution in [-0.4, -0.2) is 21.1 Å². The Labute approximate surface area is 113 Å². The largest absolute Gasteiger partial charge is 0.573 e. The smallest absolute Gasteiger partial charge is 0.406 e. The van der Waals surface area contributed by atoms with Crippen molar-refractivity contribution in [1.29, 1.82) is 0 Å². The number of halogens is 3. The molecule has 0 bridgehead atoms. The topological polar surface area (TPSA) is 66.0 Å². The summed E-state index contributed by atoms with van der Waals surface area (Å²) in [5.74, 6) is 0.431. The minimum atomic E-state index is -4.69. The highest BCUT2D eigenvalue weighted by molar-refractivity contribution is 5.29. The van der Waals surface area contributed by atoms with Gasteiger partial charge in [-0.25, -0.2) is 4.98 Å². The van der Waals surface area contributed by atoms with Crippen LogP contribution in [0.15, 0.2) is 30.6 Å². The molecule has 0 saturated carbocycles. The number of benzene rings is 1. The molecular weight excluding hydrogens is 273 g/mol. The number of nitrogens with two attached hydrogens (primary N) is 1. The highest BCUT2D eigenvalue weighted by atomic mass is 19.4. The maximum absolute atomic E-state index is 12.0. The summed E-state index contributed by atoms with van der Waals surface area (Å²) in [6.07, 6.45) is -2.83. The Morgan fingerprint density at radius 2 is 1.95 bits per heavy atom. The van der Waals surface area contributed by atoms with Crippen LogP contribution >= 0.6 is 0 Å². The van der Waals surface area contributed by atoms with Gasteiger partial charge in [-0.2, -0.15) is 5.10 Å². The zero-order valence-electron chi connectivity index (χ0n) is 10.6. The second kappa shape index (κ2) is 5.49. The van der Waals surface area contributed by atoms with E-state index in [4.69, 9.17) is 5.73 Å². The first-order valence-corrected chi connectivity index (χ1v) is 5.79. The summed E-state index contributed by atoms with van der Waals surface area (Å²) in [7, 11) is 1.75. The lowest BCUT2D eigenvalue weighted by atomic mass is 10.0. The van der Waals surface area contributed by atoms with E-state index in [2.05, 4.69) is 14.8 Å². The van der Waals surface area contributed by atoms with Gasteiger partial charge in [-0.3, -0.25) is 4.68 Å². The predicted molar refractivity (Wildman–Crippen MR) is 64.8 cm³/mol. The molecule has 8 heteroatoms. The van der Waals surface area contributed by atoms with Gasteiger partial charge in [0.05, 0.1) is 0 Å². The normalized spacial score (nSPS) is 13.2. The first kappa shape index (κ1) is 14.3. The summed E-state index contributed by atoms with van der Waals surface area (Å²) in [4.78, 5) is 4.05. The van der Waals surface area contributed by atoms with Crippen LogP contribution in [0.3, 0.4) is 0 Å². The van der Waals surface area contributed by atoms with Gasteiger partial charge >= 0.3 is 6.36 Å². The molecule has 0 aliphatic rings. The van der Waals surface area contributed by atoms with Crippen LogP contribution in [0.5, 0.6) is 5.75 Å². The fourth-order valence-corrected chi connectivity index (χ4v) is 1.74. The number of rotatable bonds is 4. The van der Waals surface area contributed by atoms with Crippen molar-refractivity contribution in [3.05, 3.63) is 42.0 Å². The Bertz CT molecular complexity index is 565. The molecule has 2 N–H and O–H groups in total. The van der Waals surface area contributed by atoms with Crippen LogP contribution in [0.4, 0.5) is 13.2 Å². The average molecular weight is 286 g/mol. The van der Waals surface area contributed by atoms with Gasteiger partial charge in [0.25, 0.3) is 0 Å². The zero-order chi connectivity index (χ0) is 14.8. The molecule has 0 aliphatic heterocycles. The molecule has 2 rings (SSSR count). The molecule has 2 aromatic rings. The van der Waals surface area contributed by atoms with Gasteiger partial charge in [0, 0.05) is 19.5 Å². The van der Waals surface area contributed by atoms with Gasteiger partial charge in [0.1, 0.15) is 17.9 Å². The van der Waals surface area contributed by atoms with Crippen LogP contribution in [0.1, 0.15) is 17.4 Å². The fourth-order valence-electron chi connectivity index (χ4n) is 1.74. The molecule has 0 aliphatic carbocycles. The Hall–Kier alpha value is -2.09. The molecule has 1 heterocycles. The van der Waals surface area contributed by atoms with Crippen LogP contribution in [-0.2, 0) is 13.5 Å². The van der Waals surface area contributed by atoms with E-state index in [1.54, 1.807) is 11.7 Å². The fraction of sp³-hybridized carbons (Fsp3) is 0.333. The molecule has 0 fully saturated rings. The van der Waals surface area contributed by atoms with Gasteiger partial charge in [-0.1, -0.05) is 12.1 Å². The Balaban J connectivity index is 2.04. The van der Waals surface area contributed by atoms with Crippen molar-refractivity contribution in [2.45, 2.75) is 18.8 Å². The van der Waals surface area contributed by atoms with E-state index in [1.807, 2.05) is 0 Å². The summed E-state index contributed by atoms with van der Waals surface area (Å²) < 4.78 is 41.5. The van der Waals surface area contributed by atoms with E-state index in [9.17, 15) is 13.2 Å². The third kappa shape index (κ3) is 3.70. The molecule has 20 heavy (non-hydrogen) atoms. The summed E-state index contributed by atoms with van der Waals surface area (Å²) >= 11 is 0. The second-order valence-corrected chi connectivity index (χ2v) is 4.23. The summed E-state index contributed by atoms with van der Waals surface area (Å²) in [5.41, 5.74) is 6.69. The first-order chi connectivity index (χ1) is 9.35. The standard InChI is InChI=1S/C12H13F3N4O/c1-19-11(17-7-18-19)6-10(16)8-2-4-9(5-3-8)20-12(13,14)15/h2-5,7,10H,6,16H2,1H3. The monoisotopic (exact) mass is 286 g/mol. The van der Waals surface area contributed by atoms with Gasteiger partial charge in [-0.15, -0.1) is 13.2 Å². The maximum atomic E-state index is 12.0. The third-order valence-electron chi connectivity index (χ3n) is 2.75. The minimum absolute atomic E-state index is 0.271. The Kier molecular flexibility index (Phi) is 3.93. The molecule has 5 nitrogen and oxygen atoms in total. The highest BCUT2D eigenvalue weighted by Crippen LogP contribution is 2.24. The van der Waals surface area contributed by atoms with E-state index in [0.29, 0.717) is 17.8 Å². The van der Waals surface area contributed by atoms with Crippen molar-refractivity contribution in [3.63, 3.8) is 0 Å². The molecular formula is C12H13F3N4O. The Morgan fingerprint density at radius 1 is 1.30 bits per heavy atom. The number of aryl methyl sites for hydroxylation is 1. The van der Waals surface area contributed by atoms with Crippen LogP contribution in [0.2, 0.25) is 0 Å². The lowest BCUT2D eigenvalue weighted by molar-refractivity contribution is -0.274. The van der Waals surface area contributed by atoms with Crippen LogP contribution in [0, 0.1) is 0 Å². The average Bonchev–Trinajstić information content (AvgIpc) is 2.74. The van der Waals surface area contributed by atoms with Gasteiger partial charge in [0.2, 0.25) is 0 Å². The van der Waals surface area contributed by atoms with E-state index in [0.717, 1.165) is 0 Å². The molecule has 1 aromatic heterocycles.